The van der Waals surface area contributed by atoms with Crippen LogP contribution in [0, 0.1) is 5.82 Å². The summed E-state index contributed by atoms with van der Waals surface area (Å²) in [6, 6.07) is 10.6. The molecule has 2 N–H and O–H groups in total. The number of rotatable bonds is 8. The molecule has 0 aliphatic carbocycles. The molecule has 7 heteroatoms. The van der Waals surface area contributed by atoms with E-state index in [-0.39, 0.29) is 17.0 Å². The second-order valence-electron chi connectivity index (χ2n) is 5.21. The van der Waals surface area contributed by atoms with Crippen molar-refractivity contribution in [3.8, 4) is 5.75 Å². The fraction of sp³-hybridized carbons (Fsp3) is 0.222. The zero-order valence-electron chi connectivity index (χ0n) is 13.5. The van der Waals surface area contributed by atoms with Gasteiger partial charge in [0.15, 0.2) is 16.5 Å². The minimum atomic E-state index is -1.11. The average Bonchev–Trinajstić information content (AvgIpc) is 2.61. The first-order valence-electron chi connectivity index (χ1n) is 7.62. The standard InChI is InChI=1S/C18H17BrFNO4/c1-2-15(19)25-18-13(17(24)11-6-4-3-5-7-11)8-12(20)9-14(18)21-10-16(22)23/h3-9,15,21H,2,10H2,1H3,(H,22,23)/t15-/m0/s1. The predicted octanol–water partition coefficient (Wildman–Crippen LogP) is 4.06. The number of hydrogen-bond acceptors (Lipinski definition) is 4. The Kier molecular flexibility index (Phi) is 6.52. The van der Waals surface area contributed by atoms with Crippen LogP contribution in [0.5, 0.6) is 5.75 Å². The van der Waals surface area contributed by atoms with Gasteiger partial charge in [0.25, 0.3) is 0 Å². The van der Waals surface area contributed by atoms with E-state index in [9.17, 15) is 14.0 Å². The number of carbonyl (C=O) groups excluding carboxylic acids is 1. The lowest BCUT2D eigenvalue weighted by molar-refractivity contribution is -0.134. The van der Waals surface area contributed by atoms with Crippen LogP contribution in [0.1, 0.15) is 29.3 Å². The molecule has 0 heterocycles. The summed E-state index contributed by atoms with van der Waals surface area (Å²) in [5.41, 5.74) is 0.515. The maximum absolute atomic E-state index is 14.0. The number of halogens is 2. The number of ketones is 1. The lowest BCUT2D eigenvalue weighted by Gasteiger charge is -2.19. The molecule has 5 nitrogen and oxygen atoms in total. The number of benzene rings is 2. The van der Waals surface area contributed by atoms with Crippen molar-refractivity contribution in [1.82, 2.24) is 0 Å². The smallest absolute Gasteiger partial charge is 0.322 e. The maximum Gasteiger partial charge on any atom is 0.322 e. The molecule has 0 bridgehead atoms. The first kappa shape index (κ1) is 18.9. The van der Waals surface area contributed by atoms with Crippen molar-refractivity contribution >= 4 is 33.4 Å². The zero-order valence-corrected chi connectivity index (χ0v) is 15.0. The van der Waals surface area contributed by atoms with Gasteiger partial charge in [-0.1, -0.05) is 37.3 Å². The lowest BCUT2D eigenvalue weighted by atomic mass is 10.0. The first-order valence-corrected chi connectivity index (χ1v) is 8.53. The molecule has 2 aromatic rings. The summed E-state index contributed by atoms with van der Waals surface area (Å²) in [5.74, 6) is -2.08. The Morgan fingerprint density at radius 2 is 1.96 bits per heavy atom. The normalized spacial score (nSPS) is 11.6. The van der Waals surface area contributed by atoms with E-state index in [1.54, 1.807) is 30.3 Å². The summed E-state index contributed by atoms with van der Waals surface area (Å²) in [7, 11) is 0. The van der Waals surface area contributed by atoms with Crippen molar-refractivity contribution in [2.45, 2.75) is 18.4 Å². The van der Waals surface area contributed by atoms with Gasteiger partial charge < -0.3 is 15.2 Å². The van der Waals surface area contributed by atoms with Crippen LogP contribution in [-0.4, -0.2) is 28.4 Å². The molecular weight excluding hydrogens is 393 g/mol. The van der Waals surface area contributed by atoms with Crippen molar-refractivity contribution in [2.24, 2.45) is 0 Å². The van der Waals surface area contributed by atoms with Crippen molar-refractivity contribution in [3.05, 3.63) is 59.4 Å². The molecule has 0 unspecified atom stereocenters. The lowest BCUT2D eigenvalue weighted by Crippen LogP contribution is -2.17. The van der Waals surface area contributed by atoms with E-state index in [1.165, 1.54) is 0 Å². The van der Waals surface area contributed by atoms with Crippen LogP contribution in [-0.2, 0) is 4.79 Å². The van der Waals surface area contributed by atoms with Gasteiger partial charge in [0.2, 0.25) is 0 Å². The average molecular weight is 410 g/mol. The predicted molar refractivity (Wildman–Crippen MR) is 96.0 cm³/mol. The van der Waals surface area contributed by atoms with E-state index in [4.69, 9.17) is 9.84 Å². The number of carbonyl (C=O) groups is 2. The van der Waals surface area contributed by atoms with Gasteiger partial charge in [-0.25, -0.2) is 4.39 Å². The number of anilines is 1. The first-order chi connectivity index (χ1) is 11.9. The number of carboxylic acids is 1. The molecule has 0 aromatic heterocycles. The molecule has 0 amide bonds. The minimum absolute atomic E-state index is 0.0250. The van der Waals surface area contributed by atoms with Gasteiger partial charge in [0, 0.05) is 11.6 Å². The molecule has 0 saturated heterocycles. The van der Waals surface area contributed by atoms with E-state index in [0.717, 1.165) is 12.1 Å². The van der Waals surface area contributed by atoms with Gasteiger partial charge in [-0.2, -0.15) is 0 Å². The Bertz CT molecular complexity index is 767. The van der Waals surface area contributed by atoms with E-state index in [0.29, 0.717) is 12.0 Å². The Labute approximate surface area is 152 Å². The summed E-state index contributed by atoms with van der Waals surface area (Å²) < 4.78 is 19.8. The van der Waals surface area contributed by atoms with Crippen LogP contribution >= 0.6 is 15.9 Å². The number of alkyl halides is 1. The molecule has 0 fully saturated rings. The van der Waals surface area contributed by atoms with Gasteiger partial charge in [-0.05, 0) is 28.4 Å². The van der Waals surface area contributed by atoms with Crippen LogP contribution in [0.2, 0.25) is 0 Å². The summed E-state index contributed by atoms with van der Waals surface area (Å²) in [6.45, 7) is 1.43. The molecule has 0 aliphatic rings. The summed E-state index contributed by atoms with van der Waals surface area (Å²) in [6.07, 6.45) is 0.592. The molecule has 25 heavy (non-hydrogen) atoms. The quantitative estimate of drug-likeness (QED) is 0.507. The van der Waals surface area contributed by atoms with Gasteiger partial charge in [-0.15, -0.1) is 0 Å². The Balaban J connectivity index is 2.52. The van der Waals surface area contributed by atoms with Gasteiger partial charge in [0.05, 0.1) is 11.3 Å². The van der Waals surface area contributed by atoms with Crippen LogP contribution < -0.4 is 10.1 Å². The second-order valence-corrected chi connectivity index (χ2v) is 6.23. The second kappa shape index (κ2) is 8.62. The van der Waals surface area contributed by atoms with Crippen molar-refractivity contribution < 1.29 is 23.8 Å². The number of nitrogens with one attached hydrogen (secondary N) is 1. The monoisotopic (exact) mass is 409 g/mol. The van der Waals surface area contributed by atoms with Crippen LogP contribution in [0.15, 0.2) is 42.5 Å². The number of aliphatic carboxylic acids is 1. The summed E-state index contributed by atoms with van der Waals surface area (Å²) >= 11 is 3.31. The molecule has 0 saturated carbocycles. The molecule has 2 aromatic carbocycles. The van der Waals surface area contributed by atoms with E-state index >= 15 is 0 Å². The van der Waals surface area contributed by atoms with Crippen molar-refractivity contribution in [2.75, 3.05) is 11.9 Å². The third kappa shape index (κ3) is 5.03. The molecule has 0 aliphatic heterocycles. The van der Waals surface area contributed by atoms with Crippen LogP contribution in [0.25, 0.3) is 0 Å². The topological polar surface area (TPSA) is 75.6 Å². The minimum Gasteiger partial charge on any atom is -0.480 e. The van der Waals surface area contributed by atoms with E-state index in [1.807, 2.05) is 6.92 Å². The number of carboxylic acid groups (broad SMARTS) is 1. The van der Waals surface area contributed by atoms with Gasteiger partial charge in [-0.3, -0.25) is 9.59 Å². The van der Waals surface area contributed by atoms with Crippen LogP contribution in [0.3, 0.4) is 0 Å². The molecule has 1 atom stereocenters. The fourth-order valence-electron chi connectivity index (χ4n) is 2.15. The molecule has 132 valence electrons. The summed E-state index contributed by atoms with van der Waals surface area (Å²) in [4.78, 5) is 23.6. The third-order valence-corrected chi connectivity index (χ3v) is 4.17. The van der Waals surface area contributed by atoms with Gasteiger partial charge >= 0.3 is 5.97 Å². The number of ether oxygens (including phenoxy) is 1. The Morgan fingerprint density at radius 1 is 1.28 bits per heavy atom. The fourth-order valence-corrected chi connectivity index (χ4v) is 2.33. The highest BCUT2D eigenvalue weighted by atomic mass is 79.9. The number of hydrogen-bond donors (Lipinski definition) is 2. The Morgan fingerprint density at radius 3 is 2.56 bits per heavy atom. The zero-order chi connectivity index (χ0) is 18.4. The highest BCUT2D eigenvalue weighted by Gasteiger charge is 2.22. The highest BCUT2D eigenvalue weighted by molar-refractivity contribution is 9.09. The van der Waals surface area contributed by atoms with Crippen molar-refractivity contribution in [3.63, 3.8) is 0 Å². The molecular formula is C18H17BrFNO4. The van der Waals surface area contributed by atoms with Crippen LogP contribution in [0.4, 0.5) is 10.1 Å². The molecule has 0 radical (unpaired) electrons. The molecule has 0 spiro atoms. The van der Waals surface area contributed by atoms with E-state index in [2.05, 4.69) is 21.2 Å². The molecule has 2 rings (SSSR count). The summed E-state index contributed by atoms with van der Waals surface area (Å²) in [5, 5.41) is 11.0. The third-order valence-electron chi connectivity index (χ3n) is 3.33. The van der Waals surface area contributed by atoms with Crippen molar-refractivity contribution in [1.29, 1.82) is 0 Å². The highest BCUT2D eigenvalue weighted by Crippen LogP contribution is 2.34. The SMILES string of the molecule is CC[C@@H](Br)Oc1c(NCC(=O)O)cc(F)cc1C(=O)c1ccccc1. The maximum atomic E-state index is 14.0. The Hall–Kier alpha value is -2.41. The van der Waals surface area contributed by atoms with Gasteiger partial charge in [0.1, 0.15) is 12.4 Å². The largest absolute Gasteiger partial charge is 0.480 e. The van der Waals surface area contributed by atoms with E-state index < -0.39 is 29.1 Å².